The molecule has 1 aliphatic heterocycles. The van der Waals surface area contributed by atoms with Gasteiger partial charge < -0.3 is 20.7 Å². The van der Waals surface area contributed by atoms with Gasteiger partial charge in [-0.2, -0.15) is 0 Å². The first kappa shape index (κ1) is 12.6. The van der Waals surface area contributed by atoms with Gasteiger partial charge >= 0.3 is 5.82 Å². The molecule has 2 rings (SSSR count). The van der Waals surface area contributed by atoms with Crippen molar-refractivity contribution in [3.63, 3.8) is 0 Å². The second-order valence-electron chi connectivity index (χ2n) is 4.83. The molecule has 0 spiro atoms. The lowest BCUT2D eigenvalue weighted by molar-refractivity contribution is -0.389. The number of nitrogens with zero attached hydrogens (tertiary/aromatic N) is 2. The van der Waals surface area contributed by atoms with Crippen LogP contribution in [0.3, 0.4) is 0 Å². The van der Waals surface area contributed by atoms with Crippen LogP contribution >= 0.6 is 0 Å². The monoisotopic (exact) mass is 252 g/mol. The average Bonchev–Trinajstić information content (AvgIpc) is 2.75. The van der Waals surface area contributed by atoms with Crippen LogP contribution in [0.4, 0.5) is 5.82 Å². The highest BCUT2D eigenvalue weighted by atomic mass is 16.6. The number of likely N-dealkylation sites (tertiary alicyclic amines) is 1. The van der Waals surface area contributed by atoms with Crippen molar-refractivity contribution in [1.82, 2.24) is 9.88 Å². The zero-order valence-electron chi connectivity index (χ0n) is 10.1. The van der Waals surface area contributed by atoms with E-state index in [0.29, 0.717) is 19.0 Å². The molecular weight excluding hydrogens is 236 g/mol. The number of hydrogen-bond donors (Lipinski definition) is 2. The number of H-pyrrole nitrogens is 1. The Morgan fingerprint density at radius 3 is 2.83 bits per heavy atom. The van der Waals surface area contributed by atoms with Crippen molar-refractivity contribution in [2.45, 2.75) is 19.4 Å². The van der Waals surface area contributed by atoms with Gasteiger partial charge in [0, 0.05) is 25.2 Å². The molecule has 0 aliphatic carbocycles. The maximum Gasteiger partial charge on any atom is 0.321 e. The average molecular weight is 252 g/mol. The first-order chi connectivity index (χ1) is 8.47. The Balaban J connectivity index is 2.12. The van der Waals surface area contributed by atoms with Gasteiger partial charge in [0.05, 0.1) is 0 Å². The zero-order valence-corrected chi connectivity index (χ0v) is 10.1. The van der Waals surface area contributed by atoms with Gasteiger partial charge in [0.25, 0.3) is 5.91 Å². The van der Waals surface area contributed by atoms with Crippen LogP contribution in [0.25, 0.3) is 0 Å². The Morgan fingerprint density at radius 2 is 2.28 bits per heavy atom. The Labute approximate surface area is 104 Å². The SMILES string of the molecule is CC1CC(N)CN(C(=O)c2ccc([N+](=O)[O-])[nH]2)C1. The zero-order chi connectivity index (χ0) is 13.3. The van der Waals surface area contributed by atoms with Gasteiger partial charge in [-0.1, -0.05) is 6.92 Å². The van der Waals surface area contributed by atoms with Crippen molar-refractivity contribution in [2.75, 3.05) is 13.1 Å². The highest BCUT2D eigenvalue weighted by Gasteiger charge is 2.28. The van der Waals surface area contributed by atoms with Crippen molar-refractivity contribution in [3.05, 3.63) is 27.9 Å². The van der Waals surface area contributed by atoms with Crippen LogP contribution in [0, 0.1) is 16.0 Å². The summed E-state index contributed by atoms with van der Waals surface area (Å²) < 4.78 is 0. The van der Waals surface area contributed by atoms with E-state index in [1.165, 1.54) is 12.1 Å². The number of nitro groups is 1. The summed E-state index contributed by atoms with van der Waals surface area (Å²) >= 11 is 0. The van der Waals surface area contributed by atoms with Crippen molar-refractivity contribution < 1.29 is 9.72 Å². The van der Waals surface area contributed by atoms with E-state index in [4.69, 9.17) is 5.73 Å². The molecule has 2 unspecified atom stereocenters. The summed E-state index contributed by atoms with van der Waals surface area (Å²) in [7, 11) is 0. The molecule has 1 aliphatic rings. The minimum atomic E-state index is -0.554. The van der Waals surface area contributed by atoms with Crippen LogP contribution in [0.1, 0.15) is 23.8 Å². The van der Waals surface area contributed by atoms with E-state index < -0.39 is 4.92 Å². The molecule has 7 nitrogen and oxygen atoms in total. The fourth-order valence-corrected chi connectivity index (χ4v) is 2.35. The van der Waals surface area contributed by atoms with Crippen molar-refractivity contribution in [3.8, 4) is 0 Å². The Hall–Kier alpha value is -1.89. The highest BCUT2D eigenvalue weighted by Crippen LogP contribution is 2.18. The van der Waals surface area contributed by atoms with Gasteiger partial charge in [-0.05, 0) is 23.3 Å². The number of carbonyl (C=O) groups is 1. The summed E-state index contributed by atoms with van der Waals surface area (Å²) in [6.45, 7) is 3.17. The third-order valence-electron chi connectivity index (χ3n) is 3.08. The summed E-state index contributed by atoms with van der Waals surface area (Å²) in [6, 6.07) is 2.70. The summed E-state index contributed by atoms with van der Waals surface area (Å²) in [6.07, 6.45) is 0.897. The van der Waals surface area contributed by atoms with Crippen LogP contribution < -0.4 is 5.73 Å². The third kappa shape index (κ3) is 2.51. The first-order valence-electron chi connectivity index (χ1n) is 5.85. The second kappa shape index (κ2) is 4.77. The molecule has 0 saturated carbocycles. The van der Waals surface area contributed by atoms with Gasteiger partial charge in [-0.25, -0.2) is 4.98 Å². The number of nitrogens with two attached hydrogens (primary N) is 1. The first-order valence-corrected chi connectivity index (χ1v) is 5.85. The largest absolute Gasteiger partial charge is 0.358 e. The molecule has 1 aromatic heterocycles. The maximum atomic E-state index is 12.1. The fraction of sp³-hybridized carbons (Fsp3) is 0.545. The highest BCUT2D eigenvalue weighted by molar-refractivity contribution is 5.93. The van der Waals surface area contributed by atoms with Crippen LogP contribution in [0.2, 0.25) is 0 Å². The van der Waals surface area contributed by atoms with E-state index in [-0.39, 0.29) is 23.5 Å². The maximum absolute atomic E-state index is 12.1. The Kier molecular flexibility index (Phi) is 3.33. The number of piperidine rings is 1. The van der Waals surface area contributed by atoms with Gasteiger partial charge in [-0.15, -0.1) is 0 Å². The van der Waals surface area contributed by atoms with Crippen molar-refractivity contribution >= 4 is 11.7 Å². The van der Waals surface area contributed by atoms with Crippen molar-refractivity contribution in [1.29, 1.82) is 0 Å². The lowest BCUT2D eigenvalue weighted by Gasteiger charge is -2.34. The molecule has 1 fully saturated rings. The van der Waals surface area contributed by atoms with E-state index in [1.807, 2.05) is 6.92 Å². The standard InChI is InChI=1S/C11H16N4O3/c1-7-4-8(12)6-14(5-7)11(16)9-2-3-10(13-9)15(17)18/h2-3,7-8,13H,4-6,12H2,1H3. The van der Waals surface area contributed by atoms with Crippen LogP contribution in [0.5, 0.6) is 0 Å². The number of nitrogens with one attached hydrogen (secondary N) is 1. The van der Waals surface area contributed by atoms with Gasteiger partial charge in [0.1, 0.15) is 0 Å². The molecule has 2 heterocycles. The third-order valence-corrected chi connectivity index (χ3v) is 3.08. The number of amides is 1. The Bertz CT molecular complexity index is 461. The molecule has 0 aromatic carbocycles. The van der Waals surface area contributed by atoms with Crippen molar-refractivity contribution in [2.24, 2.45) is 11.7 Å². The number of aromatic amines is 1. The van der Waals surface area contributed by atoms with Crippen LogP contribution in [-0.2, 0) is 0 Å². The number of rotatable bonds is 2. The van der Waals surface area contributed by atoms with Gasteiger partial charge in [-0.3, -0.25) is 4.79 Å². The van der Waals surface area contributed by atoms with Gasteiger partial charge in [0.15, 0.2) is 5.69 Å². The summed E-state index contributed by atoms with van der Waals surface area (Å²) in [4.78, 5) is 26.3. The molecule has 1 saturated heterocycles. The second-order valence-corrected chi connectivity index (χ2v) is 4.83. The molecule has 1 amide bonds. The van der Waals surface area contributed by atoms with E-state index in [2.05, 4.69) is 4.98 Å². The molecule has 0 bridgehead atoms. The topological polar surface area (TPSA) is 105 Å². The van der Waals surface area contributed by atoms with E-state index in [9.17, 15) is 14.9 Å². The quantitative estimate of drug-likeness (QED) is 0.597. The molecule has 2 atom stereocenters. The molecule has 3 N–H and O–H groups in total. The molecular formula is C11H16N4O3. The minimum absolute atomic E-state index is 0.0253. The minimum Gasteiger partial charge on any atom is -0.358 e. The molecule has 0 radical (unpaired) electrons. The number of aromatic nitrogens is 1. The van der Waals surface area contributed by atoms with Crippen LogP contribution in [-0.4, -0.2) is 39.8 Å². The molecule has 18 heavy (non-hydrogen) atoms. The molecule has 7 heteroatoms. The number of hydrogen-bond acceptors (Lipinski definition) is 4. The van der Waals surface area contributed by atoms with E-state index in [0.717, 1.165) is 6.42 Å². The predicted molar refractivity (Wildman–Crippen MR) is 65.1 cm³/mol. The molecule has 1 aromatic rings. The lowest BCUT2D eigenvalue weighted by Crippen LogP contribution is -2.48. The summed E-state index contributed by atoms with van der Waals surface area (Å²) in [5.41, 5.74) is 6.11. The lowest BCUT2D eigenvalue weighted by atomic mass is 9.96. The predicted octanol–water partition coefficient (Wildman–Crippen LogP) is 0.732. The molecule has 98 valence electrons. The summed E-state index contributed by atoms with van der Waals surface area (Å²) in [5, 5.41) is 10.5. The Morgan fingerprint density at radius 1 is 1.56 bits per heavy atom. The van der Waals surface area contributed by atoms with E-state index in [1.54, 1.807) is 4.90 Å². The van der Waals surface area contributed by atoms with Crippen LogP contribution in [0.15, 0.2) is 12.1 Å². The summed E-state index contributed by atoms with van der Waals surface area (Å²) in [5.74, 6) is -0.0551. The number of carbonyl (C=O) groups excluding carboxylic acids is 1. The normalized spacial score (nSPS) is 24.0. The fourth-order valence-electron chi connectivity index (χ4n) is 2.35. The smallest absolute Gasteiger partial charge is 0.321 e. The van der Waals surface area contributed by atoms with E-state index >= 15 is 0 Å². The van der Waals surface area contributed by atoms with Gasteiger partial charge in [0.2, 0.25) is 0 Å².